The Kier molecular flexibility index (Phi) is 14.8. The second-order valence-electron chi connectivity index (χ2n) is 11.8. The molecule has 0 atom stereocenters. The van der Waals surface area contributed by atoms with Gasteiger partial charge in [-0.1, -0.05) is 12.1 Å². The maximum atomic E-state index is 9.55. The van der Waals surface area contributed by atoms with Crippen molar-refractivity contribution in [2.45, 2.75) is 19.5 Å². The van der Waals surface area contributed by atoms with Gasteiger partial charge in [-0.15, -0.1) is 0 Å². The van der Waals surface area contributed by atoms with E-state index in [1.807, 2.05) is 36.4 Å². The van der Waals surface area contributed by atoms with Crippen LogP contribution in [0.5, 0.6) is 34.5 Å². The Hall–Kier alpha value is -5.86. The molecule has 0 spiro atoms. The Balaban J connectivity index is 0.000000703. The molecule has 0 aliphatic carbocycles. The molecule has 1 aliphatic heterocycles. The second-order valence-corrected chi connectivity index (χ2v) is 11.8. The van der Waals surface area contributed by atoms with Crippen LogP contribution in [0.15, 0.2) is 72.8 Å². The summed E-state index contributed by atoms with van der Waals surface area (Å²) in [4.78, 5) is 34.0. The van der Waals surface area contributed by atoms with Crippen molar-refractivity contribution in [3.8, 4) is 57.0 Å². The standard InChI is InChI=1S/C35H42N4O6.C4H4O4/c1-40-30-18-24(19-31(41-2)34(30)44-5)28-12-7-10-26(36-28)22-38-14-9-15-39(17-16-38)23-27-11-8-13-29(37-27)25-20-32(42-3)35(45-6)33(21-25)43-4;5-3(6)1-2-4(7)8/h7-8,10-13,18-21H,9,14-17,22-23H2,1-6H3;1-2H,(H,5,6)(H,7,8)/b;2-1+. The molecular weight excluding hydrogens is 684 g/mol. The van der Waals surface area contributed by atoms with E-state index in [1.54, 1.807) is 42.7 Å². The molecule has 0 amide bonds. The van der Waals surface area contributed by atoms with Gasteiger partial charge in [-0.25, -0.2) is 9.59 Å². The molecule has 0 radical (unpaired) electrons. The van der Waals surface area contributed by atoms with Crippen molar-refractivity contribution in [2.75, 3.05) is 68.8 Å². The van der Waals surface area contributed by atoms with Gasteiger partial charge in [0.15, 0.2) is 23.0 Å². The molecule has 0 bridgehead atoms. The summed E-state index contributed by atoms with van der Waals surface area (Å²) >= 11 is 0. The molecule has 2 aromatic heterocycles. The van der Waals surface area contributed by atoms with E-state index in [-0.39, 0.29) is 0 Å². The summed E-state index contributed by atoms with van der Waals surface area (Å²) in [5.41, 5.74) is 5.59. The fourth-order valence-electron chi connectivity index (χ4n) is 5.86. The van der Waals surface area contributed by atoms with Crippen LogP contribution in [0, 0.1) is 0 Å². The van der Waals surface area contributed by atoms with Gasteiger partial charge in [-0.2, -0.15) is 0 Å². The van der Waals surface area contributed by atoms with Crippen molar-refractivity contribution in [3.63, 3.8) is 0 Å². The fourth-order valence-corrected chi connectivity index (χ4v) is 5.86. The molecule has 282 valence electrons. The number of carboxylic acids is 2. The van der Waals surface area contributed by atoms with Gasteiger partial charge in [-0.3, -0.25) is 19.8 Å². The number of pyridine rings is 2. The van der Waals surface area contributed by atoms with Gasteiger partial charge in [0, 0.05) is 49.5 Å². The first-order valence-electron chi connectivity index (χ1n) is 16.7. The van der Waals surface area contributed by atoms with Gasteiger partial charge in [0.05, 0.1) is 65.4 Å². The van der Waals surface area contributed by atoms with Crippen molar-refractivity contribution >= 4 is 11.9 Å². The molecule has 53 heavy (non-hydrogen) atoms. The molecule has 2 aromatic carbocycles. The monoisotopic (exact) mass is 730 g/mol. The minimum atomic E-state index is -1.26. The van der Waals surface area contributed by atoms with Crippen molar-refractivity contribution in [2.24, 2.45) is 0 Å². The number of aliphatic carboxylic acids is 2. The number of hydrogen-bond donors (Lipinski definition) is 2. The van der Waals surface area contributed by atoms with Crippen molar-refractivity contribution in [3.05, 3.63) is 84.2 Å². The summed E-state index contributed by atoms with van der Waals surface area (Å²) in [6, 6.07) is 20.0. The average Bonchev–Trinajstić information content (AvgIpc) is 3.40. The number of hydrogen-bond acceptors (Lipinski definition) is 12. The quantitative estimate of drug-likeness (QED) is 0.161. The fraction of sp³-hybridized carbons (Fsp3) is 0.333. The van der Waals surface area contributed by atoms with Gasteiger partial charge in [0.25, 0.3) is 0 Å². The average molecular weight is 731 g/mol. The van der Waals surface area contributed by atoms with E-state index in [1.165, 1.54) is 0 Å². The highest BCUT2D eigenvalue weighted by Crippen LogP contribution is 2.42. The zero-order valence-electron chi connectivity index (χ0n) is 30.8. The lowest BCUT2D eigenvalue weighted by Crippen LogP contribution is -2.30. The maximum Gasteiger partial charge on any atom is 0.328 e. The first-order chi connectivity index (χ1) is 25.6. The molecule has 1 fully saturated rings. The lowest BCUT2D eigenvalue weighted by Gasteiger charge is -2.22. The first kappa shape index (κ1) is 39.9. The van der Waals surface area contributed by atoms with Crippen LogP contribution in [0.1, 0.15) is 17.8 Å². The predicted molar refractivity (Wildman–Crippen MR) is 198 cm³/mol. The zero-order valence-corrected chi connectivity index (χ0v) is 30.8. The van der Waals surface area contributed by atoms with E-state index in [0.717, 1.165) is 79.6 Å². The van der Waals surface area contributed by atoms with Gasteiger partial charge in [-0.05, 0) is 68.0 Å². The number of benzene rings is 2. The van der Waals surface area contributed by atoms with Crippen molar-refractivity contribution < 1.29 is 48.2 Å². The molecule has 4 aromatic rings. The topological polar surface area (TPSA) is 162 Å². The lowest BCUT2D eigenvalue weighted by atomic mass is 10.1. The highest BCUT2D eigenvalue weighted by Gasteiger charge is 2.19. The SMILES string of the molecule is COc1cc(-c2cccc(CN3CCCN(Cc4cccc(-c5cc(OC)c(OC)c(OC)c5)n4)CC3)n2)cc(OC)c1OC.O=C(O)/C=C/C(=O)O. The highest BCUT2D eigenvalue weighted by atomic mass is 16.5. The third-order valence-electron chi connectivity index (χ3n) is 8.36. The van der Waals surface area contributed by atoms with Crippen molar-refractivity contribution in [1.82, 2.24) is 19.8 Å². The summed E-state index contributed by atoms with van der Waals surface area (Å²) < 4.78 is 33.2. The largest absolute Gasteiger partial charge is 0.493 e. The van der Waals surface area contributed by atoms with E-state index in [4.69, 9.17) is 48.6 Å². The van der Waals surface area contributed by atoms with Crippen molar-refractivity contribution in [1.29, 1.82) is 0 Å². The summed E-state index contributed by atoms with van der Waals surface area (Å²) in [7, 11) is 9.69. The third kappa shape index (κ3) is 11.1. The summed E-state index contributed by atoms with van der Waals surface area (Å²) in [5.74, 6) is 1.05. The number of carboxylic acid groups (broad SMARTS) is 2. The molecule has 3 heterocycles. The van der Waals surface area contributed by atoms with E-state index >= 15 is 0 Å². The molecule has 5 rings (SSSR count). The Labute approximate surface area is 309 Å². The molecule has 1 aliphatic rings. The third-order valence-corrected chi connectivity index (χ3v) is 8.36. The molecule has 1 saturated heterocycles. The number of rotatable bonds is 14. The Bertz CT molecular complexity index is 1700. The minimum absolute atomic E-state index is 0.558. The molecular formula is C39H46N4O10. The number of aromatic nitrogens is 2. The molecule has 14 heteroatoms. The zero-order chi connectivity index (χ0) is 38.3. The number of carbonyl (C=O) groups is 2. The van der Waals surface area contributed by atoms with Gasteiger partial charge in [0.1, 0.15) is 0 Å². The molecule has 2 N–H and O–H groups in total. The van der Waals surface area contributed by atoms with Crippen LogP contribution in [-0.4, -0.2) is 111 Å². The highest BCUT2D eigenvalue weighted by molar-refractivity contribution is 5.89. The molecule has 0 saturated carbocycles. The van der Waals surface area contributed by atoms with Crippen LogP contribution in [0.4, 0.5) is 0 Å². The molecule has 14 nitrogen and oxygen atoms in total. The summed E-state index contributed by atoms with van der Waals surface area (Å²) in [6.45, 7) is 5.46. The van der Waals surface area contributed by atoms with E-state index in [0.29, 0.717) is 46.6 Å². The minimum Gasteiger partial charge on any atom is -0.493 e. The lowest BCUT2D eigenvalue weighted by molar-refractivity contribution is -0.134. The number of methoxy groups -OCH3 is 6. The van der Waals surface area contributed by atoms with E-state index < -0.39 is 11.9 Å². The van der Waals surface area contributed by atoms with E-state index in [2.05, 4.69) is 34.1 Å². The summed E-state index contributed by atoms with van der Waals surface area (Å²) in [5, 5.41) is 15.6. The van der Waals surface area contributed by atoms with Gasteiger partial charge < -0.3 is 38.6 Å². The van der Waals surface area contributed by atoms with Crippen LogP contribution < -0.4 is 28.4 Å². The Morgan fingerprint density at radius 3 is 1.25 bits per heavy atom. The normalized spacial score (nSPS) is 13.3. The van der Waals surface area contributed by atoms with Crippen LogP contribution in [0.2, 0.25) is 0 Å². The van der Waals surface area contributed by atoms with Crippen LogP contribution in [-0.2, 0) is 22.7 Å². The van der Waals surface area contributed by atoms with Crippen LogP contribution in [0.3, 0.4) is 0 Å². The van der Waals surface area contributed by atoms with Crippen LogP contribution >= 0.6 is 0 Å². The maximum absolute atomic E-state index is 9.55. The summed E-state index contributed by atoms with van der Waals surface area (Å²) in [6.07, 6.45) is 2.18. The van der Waals surface area contributed by atoms with Gasteiger partial charge in [0.2, 0.25) is 11.5 Å². The van der Waals surface area contributed by atoms with E-state index in [9.17, 15) is 9.59 Å². The molecule has 0 unspecified atom stereocenters. The van der Waals surface area contributed by atoms with Gasteiger partial charge >= 0.3 is 11.9 Å². The first-order valence-corrected chi connectivity index (χ1v) is 16.7. The number of nitrogens with zero attached hydrogens (tertiary/aromatic N) is 4. The smallest absolute Gasteiger partial charge is 0.328 e. The van der Waals surface area contributed by atoms with Crippen LogP contribution in [0.25, 0.3) is 22.5 Å². The Morgan fingerprint density at radius 2 is 0.943 bits per heavy atom. The Morgan fingerprint density at radius 1 is 0.585 bits per heavy atom. The second kappa shape index (κ2) is 19.7. The predicted octanol–water partition coefficient (Wildman–Crippen LogP) is 5.28. The number of ether oxygens (including phenoxy) is 6.